The molecule has 0 amide bonds. The fourth-order valence-corrected chi connectivity index (χ4v) is 2.31. The monoisotopic (exact) mass is 248 g/mol. The van der Waals surface area contributed by atoms with Crippen LogP contribution in [0.1, 0.15) is 47.7 Å². The molecule has 1 atom stereocenters. The third-order valence-corrected chi connectivity index (χ3v) is 3.33. The van der Waals surface area contributed by atoms with Crippen LogP contribution < -0.4 is 5.73 Å². The molecule has 0 aliphatic heterocycles. The molecule has 0 spiro atoms. The van der Waals surface area contributed by atoms with Gasteiger partial charge in [-0.1, -0.05) is 12.1 Å². The van der Waals surface area contributed by atoms with Gasteiger partial charge in [0.25, 0.3) is 0 Å². The lowest BCUT2D eigenvalue weighted by Gasteiger charge is -2.13. The Morgan fingerprint density at radius 1 is 1.33 bits per heavy atom. The van der Waals surface area contributed by atoms with Crippen LogP contribution in [0.5, 0.6) is 0 Å². The summed E-state index contributed by atoms with van der Waals surface area (Å²) >= 11 is 0. The SMILES string of the molecule is CCCn1nncc1C(N)c1c(C)oc(C)c1C. The second-order valence-corrected chi connectivity index (χ2v) is 4.61. The first-order valence-corrected chi connectivity index (χ1v) is 6.26. The molecule has 5 heteroatoms. The van der Waals surface area contributed by atoms with Gasteiger partial charge in [0.15, 0.2) is 0 Å². The lowest BCUT2D eigenvalue weighted by atomic mass is 10.0. The van der Waals surface area contributed by atoms with Gasteiger partial charge in [-0.05, 0) is 32.8 Å². The Kier molecular flexibility index (Phi) is 3.52. The Bertz CT molecular complexity index is 541. The molecule has 2 rings (SSSR count). The van der Waals surface area contributed by atoms with Crippen molar-refractivity contribution in [2.75, 3.05) is 0 Å². The summed E-state index contributed by atoms with van der Waals surface area (Å²) in [4.78, 5) is 0. The summed E-state index contributed by atoms with van der Waals surface area (Å²) in [5.74, 6) is 1.80. The van der Waals surface area contributed by atoms with Crippen LogP contribution in [-0.4, -0.2) is 15.0 Å². The third kappa shape index (κ3) is 2.06. The molecule has 2 aromatic heterocycles. The molecule has 0 aliphatic rings. The first kappa shape index (κ1) is 12.8. The molecule has 5 nitrogen and oxygen atoms in total. The van der Waals surface area contributed by atoms with Crippen LogP contribution in [0, 0.1) is 20.8 Å². The molecular weight excluding hydrogens is 228 g/mol. The molecule has 2 heterocycles. The molecule has 18 heavy (non-hydrogen) atoms. The lowest BCUT2D eigenvalue weighted by molar-refractivity contribution is 0.495. The Morgan fingerprint density at radius 3 is 2.61 bits per heavy atom. The zero-order chi connectivity index (χ0) is 13.3. The summed E-state index contributed by atoms with van der Waals surface area (Å²) in [6.07, 6.45) is 2.74. The maximum absolute atomic E-state index is 6.35. The molecule has 2 aromatic rings. The van der Waals surface area contributed by atoms with Crippen LogP contribution in [-0.2, 0) is 6.54 Å². The van der Waals surface area contributed by atoms with Crippen molar-refractivity contribution in [2.24, 2.45) is 5.73 Å². The zero-order valence-electron chi connectivity index (χ0n) is 11.4. The van der Waals surface area contributed by atoms with E-state index in [-0.39, 0.29) is 6.04 Å². The van der Waals surface area contributed by atoms with Crippen molar-refractivity contribution in [3.63, 3.8) is 0 Å². The molecule has 1 unspecified atom stereocenters. The van der Waals surface area contributed by atoms with Crippen LogP contribution in [0.25, 0.3) is 0 Å². The quantitative estimate of drug-likeness (QED) is 0.901. The summed E-state index contributed by atoms with van der Waals surface area (Å²) in [6, 6.07) is -0.232. The average molecular weight is 248 g/mol. The van der Waals surface area contributed by atoms with Crippen molar-refractivity contribution in [1.29, 1.82) is 0 Å². The van der Waals surface area contributed by atoms with Crippen LogP contribution in [0.2, 0.25) is 0 Å². The minimum atomic E-state index is -0.232. The van der Waals surface area contributed by atoms with Gasteiger partial charge in [-0.2, -0.15) is 0 Å². The fraction of sp³-hybridized carbons (Fsp3) is 0.538. The summed E-state index contributed by atoms with van der Waals surface area (Å²) in [6.45, 7) is 8.88. The Balaban J connectivity index is 2.41. The topological polar surface area (TPSA) is 69.9 Å². The largest absolute Gasteiger partial charge is 0.466 e. The van der Waals surface area contributed by atoms with E-state index in [4.69, 9.17) is 10.2 Å². The number of rotatable bonds is 4. The van der Waals surface area contributed by atoms with Crippen molar-refractivity contribution >= 4 is 0 Å². The first-order chi connectivity index (χ1) is 8.56. The number of nitrogens with two attached hydrogens (primary N) is 1. The highest BCUT2D eigenvalue weighted by Crippen LogP contribution is 2.29. The molecule has 0 fully saturated rings. The first-order valence-electron chi connectivity index (χ1n) is 6.26. The Hall–Kier alpha value is -1.62. The highest BCUT2D eigenvalue weighted by Gasteiger charge is 2.22. The van der Waals surface area contributed by atoms with Gasteiger partial charge in [-0.15, -0.1) is 5.10 Å². The van der Waals surface area contributed by atoms with Crippen LogP contribution in [0.15, 0.2) is 10.6 Å². The number of furan rings is 1. The second-order valence-electron chi connectivity index (χ2n) is 4.61. The summed E-state index contributed by atoms with van der Waals surface area (Å²) < 4.78 is 7.50. The van der Waals surface area contributed by atoms with E-state index in [1.54, 1.807) is 6.20 Å². The molecule has 2 N–H and O–H groups in total. The van der Waals surface area contributed by atoms with Crippen molar-refractivity contribution in [2.45, 2.75) is 46.7 Å². The minimum Gasteiger partial charge on any atom is -0.466 e. The second kappa shape index (κ2) is 4.94. The van der Waals surface area contributed by atoms with Crippen molar-refractivity contribution < 1.29 is 4.42 Å². The van der Waals surface area contributed by atoms with Crippen molar-refractivity contribution in [3.05, 3.63) is 34.5 Å². The number of nitrogens with zero attached hydrogens (tertiary/aromatic N) is 3. The van der Waals surface area contributed by atoms with E-state index in [0.717, 1.165) is 41.3 Å². The van der Waals surface area contributed by atoms with E-state index in [1.807, 2.05) is 25.5 Å². The standard InChI is InChI=1S/C13H20N4O/c1-5-6-17-11(7-15-16-17)13(14)12-8(2)9(3)18-10(12)4/h7,13H,5-6,14H2,1-4H3. The maximum Gasteiger partial charge on any atom is 0.106 e. The van der Waals surface area contributed by atoms with Gasteiger partial charge in [0.05, 0.1) is 17.9 Å². The van der Waals surface area contributed by atoms with E-state index in [9.17, 15) is 0 Å². The molecule has 0 aromatic carbocycles. The highest BCUT2D eigenvalue weighted by atomic mass is 16.3. The van der Waals surface area contributed by atoms with E-state index in [1.165, 1.54) is 0 Å². The summed E-state index contributed by atoms with van der Waals surface area (Å²) in [5.41, 5.74) is 9.44. The average Bonchev–Trinajstić information content (AvgIpc) is 2.86. The predicted octanol–water partition coefficient (Wildman–Crippen LogP) is 2.25. The van der Waals surface area contributed by atoms with Crippen LogP contribution in [0.3, 0.4) is 0 Å². The van der Waals surface area contributed by atoms with Gasteiger partial charge >= 0.3 is 0 Å². The molecule has 0 radical (unpaired) electrons. The van der Waals surface area contributed by atoms with Gasteiger partial charge in [0.1, 0.15) is 11.5 Å². The smallest absolute Gasteiger partial charge is 0.106 e. The molecule has 0 bridgehead atoms. The number of hydrogen-bond acceptors (Lipinski definition) is 4. The Labute approximate surface area is 107 Å². The van der Waals surface area contributed by atoms with E-state index < -0.39 is 0 Å². The summed E-state index contributed by atoms with van der Waals surface area (Å²) in [7, 11) is 0. The van der Waals surface area contributed by atoms with Gasteiger partial charge in [0.2, 0.25) is 0 Å². The molecule has 0 saturated heterocycles. The fourth-order valence-electron chi connectivity index (χ4n) is 2.31. The maximum atomic E-state index is 6.35. The van der Waals surface area contributed by atoms with Gasteiger partial charge in [0, 0.05) is 12.1 Å². The zero-order valence-corrected chi connectivity index (χ0v) is 11.4. The highest BCUT2D eigenvalue weighted by molar-refractivity contribution is 5.37. The normalized spacial score (nSPS) is 12.9. The predicted molar refractivity (Wildman–Crippen MR) is 69.3 cm³/mol. The Morgan fingerprint density at radius 2 is 2.06 bits per heavy atom. The van der Waals surface area contributed by atoms with E-state index in [2.05, 4.69) is 17.2 Å². The number of aryl methyl sites for hydroxylation is 3. The molecular formula is C13H20N4O. The number of aromatic nitrogens is 3. The van der Waals surface area contributed by atoms with Crippen LogP contribution in [0.4, 0.5) is 0 Å². The summed E-state index contributed by atoms with van der Waals surface area (Å²) in [5, 5.41) is 8.03. The third-order valence-electron chi connectivity index (χ3n) is 3.33. The number of hydrogen-bond donors (Lipinski definition) is 1. The van der Waals surface area contributed by atoms with Gasteiger partial charge in [-0.3, -0.25) is 0 Å². The van der Waals surface area contributed by atoms with E-state index in [0.29, 0.717) is 0 Å². The van der Waals surface area contributed by atoms with Gasteiger partial charge < -0.3 is 10.2 Å². The van der Waals surface area contributed by atoms with Crippen LogP contribution >= 0.6 is 0 Å². The molecule has 98 valence electrons. The molecule has 0 saturated carbocycles. The van der Waals surface area contributed by atoms with Crippen molar-refractivity contribution in [1.82, 2.24) is 15.0 Å². The van der Waals surface area contributed by atoms with Gasteiger partial charge in [-0.25, -0.2) is 4.68 Å². The lowest BCUT2D eigenvalue weighted by Crippen LogP contribution is -2.18. The van der Waals surface area contributed by atoms with Crippen molar-refractivity contribution in [3.8, 4) is 0 Å². The molecule has 0 aliphatic carbocycles. The minimum absolute atomic E-state index is 0.232. The van der Waals surface area contributed by atoms with E-state index >= 15 is 0 Å².